The Balaban J connectivity index is 1.93. The van der Waals surface area contributed by atoms with Crippen molar-refractivity contribution in [2.45, 2.75) is 25.4 Å². The van der Waals surface area contributed by atoms with Crippen LogP contribution in [0.4, 0.5) is 0 Å². The molecule has 1 aliphatic rings. The molecule has 0 aromatic heterocycles. The Morgan fingerprint density at radius 1 is 1.53 bits per heavy atom. The van der Waals surface area contributed by atoms with Gasteiger partial charge in [-0.3, -0.25) is 0 Å². The smallest absolute Gasteiger partial charge is 0.0826 e. The molecule has 0 saturated carbocycles. The Kier molecular flexibility index (Phi) is 6.33. The third-order valence-electron chi connectivity index (χ3n) is 2.61. The lowest BCUT2D eigenvalue weighted by Gasteiger charge is -2.30. The number of rotatable bonds is 6. The molecular formula is C11H21N3O. The van der Waals surface area contributed by atoms with E-state index >= 15 is 0 Å². The Bertz CT molecular complexity index is 202. The van der Waals surface area contributed by atoms with Crippen LogP contribution in [0.15, 0.2) is 0 Å². The second-order valence-electron chi connectivity index (χ2n) is 4.07. The fourth-order valence-electron chi connectivity index (χ4n) is 1.71. The molecule has 0 radical (unpaired) electrons. The van der Waals surface area contributed by atoms with E-state index in [1.54, 1.807) is 0 Å². The van der Waals surface area contributed by atoms with E-state index in [-0.39, 0.29) is 0 Å². The first-order valence-corrected chi connectivity index (χ1v) is 5.70. The summed E-state index contributed by atoms with van der Waals surface area (Å²) in [4.78, 5) is 2.30. The van der Waals surface area contributed by atoms with Gasteiger partial charge < -0.3 is 15.0 Å². The molecule has 0 aromatic carbocycles. The molecule has 1 atom stereocenters. The Morgan fingerprint density at radius 2 is 2.40 bits per heavy atom. The monoisotopic (exact) mass is 211 g/mol. The van der Waals surface area contributed by atoms with Crippen LogP contribution >= 0.6 is 0 Å². The highest BCUT2D eigenvalue weighted by molar-refractivity contribution is 4.72. The van der Waals surface area contributed by atoms with Crippen LogP contribution in [-0.2, 0) is 4.74 Å². The second-order valence-corrected chi connectivity index (χ2v) is 4.07. The van der Waals surface area contributed by atoms with Crippen LogP contribution in [-0.4, -0.2) is 50.8 Å². The van der Waals surface area contributed by atoms with Crippen molar-refractivity contribution in [2.24, 2.45) is 0 Å². The maximum Gasteiger partial charge on any atom is 0.0826 e. The molecule has 0 amide bonds. The molecule has 86 valence electrons. The van der Waals surface area contributed by atoms with Gasteiger partial charge >= 0.3 is 0 Å². The van der Waals surface area contributed by atoms with Gasteiger partial charge in [0.2, 0.25) is 0 Å². The zero-order chi connectivity index (χ0) is 10.9. The highest BCUT2D eigenvalue weighted by Gasteiger charge is 2.16. The van der Waals surface area contributed by atoms with Gasteiger partial charge in [0, 0.05) is 26.1 Å². The van der Waals surface area contributed by atoms with Gasteiger partial charge in [-0.05, 0) is 26.4 Å². The molecule has 4 heteroatoms. The number of ether oxygens (including phenoxy) is 1. The zero-order valence-electron chi connectivity index (χ0n) is 9.54. The lowest BCUT2D eigenvalue weighted by molar-refractivity contribution is -0.0180. The van der Waals surface area contributed by atoms with Crippen molar-refractivity contribution in [3.63, 3.8) is 0 Å². The Morgan fingerprint density at radius 3 is 3.13 bits per heavy atom. The summed E-state index contributed by atoms with van der Waals surface area (Å²) in [5.41, 5.74) is 0. The maximum absolute atomic E-state index is 8.36. The van der Waals surface area contributed by atoms with Crippen molar-refractivity contribution in [2.75, 3.05) is 39.8 Å². The number of morpholine rings is 1. The quantitative estimate of drug-likeness (QED) is 0.654. The van der Waals surface area contributed by atoms with E-state index in [2.05, 4.69) is 23.3 Å². The molecule has 0 spiro atoms. The van der Waals surface area contributed by atoms with E-state index < -0.39 is 0 Å². The number of nitrogens with one attached hydrogen (secondary N) is 1. The summed E-state index contributed by atoms with van der Waals surface area (Å²) in [5.74, 6) is 0. The van der Waals surface area contributed by atoms with Gasteiger partial charge in [0.1, 0.15) is 0 Å². The molecular weight excluding hydrogens is 190 g/mol. The van der Waals surface area contributed by atoms with Gasteiger partial charge in [0.25, 0.3) is 0 Å². The van der Waals surface area contributed by atoms with Crippen molar-refractivity contribution >= 4 is 0 Å². The van der Waals surface area contributed by atoms with E-state index in [1.807, 2.05) is 0 Å². The fraction of sp³-hybridized carbons (Fsp3) is 0.909. The van der Waals surface area contributed by atoms with Crippen LogP contribution in [0.5, 0.6) is 0 Å². The first-order chi connectivity index (χ1) is 7.33. The van der Waals surface area contributed by atoms with Crippen LogP contribution in [0.2, 0.25) is 0 Å². The van der Waals surface area contributed by atoms with Crippen molar-refractivity contribution in [3.05, 3.63) is 0 Å². The summed E-state index contributed by atoms with van der Waals surface area (Å²) < 4.78 is 5.62. The molecule has 1 saturated heterocycles. The van der Waals surface area contributed by atoms with E-state index in [0.717, 1.165) is 45.6 Å². The average molecular weight is 211 g/mol. The summed E-state index contributed by atoms with van der Waals surface area (Å²) in [7, 11) is 2.13. The minimum atomic E-state index is 0.333. The van der Waals surface area contributed by atoms with E-state index in [0.29, 0.717) is 12.5 Å². The SMILES string of the molecule is CN1CCO[C@@H](CNCCCCC#N)C1. The molecule has 4 nitrogen and oxygen atoms in total. The molecule has 1 fully saturated rings. The number of hydrogen-bond acceptors (Lipinski definition) is 4. The lowest BCUT2D eigenvalue weighted by atomic mass is 10.2. The van der Waals surface area contributed by atoms with Gasteiger partial charge in [-0.15, -0.1) is 0 Å². The fourth-order valence-corrected chi connectivity index (χ4v) is 1.71. The molecule has 0 aromatic rings. The largest absolute Gasteiger partial charge is 0.374 e. The topological polar surface area (TPSA) is 48.3 Å². The van der Waals surface area contributed by atoms with Gasteiger partial charge in [-0.25, -0.2) is 0 Å². The standard InChI is InChI=1S/C11H21N3O/c1-14-7-8-15-11(10-14)9-13-6-4-2-3-5-12/h11,13H,2-4,6-10H2,1H3/t11-/m0/s1. The van der Waals surface area contributed by atoms with Gasteiger partial charge in [-0.2, -0.15) is 5.26 Å². The molecule has 1 aliphatic heterocycles. The summed E-state index contributed by atoms with van der Waals surface area (Å²) in [5, 5.41) is 11.7. The predicted octanol–water partition coefficient (Wildman–Crippen LogP) is 0.600. The predicted molar refractivity (Wildman–Crippen MR) is 59.6 cm³/mol. The van der Waals surface area contributed by atoms with Crippen molar-refractivity contribution in [1.82, 2.24) is 10.2 Å². The van der Waals surface area contributed by atoms with Crippen molar-refractivity contribution in [1.29, 1.82) is 5.26 Å². The van der Waals surface area contributed by atoms with Crippen LogP contribution in [0.1, 0.15) is 19.3 Å². The summed E-state index contributed by atoms with van der Waals surface area (Å²) in [6, 6.07) is 2.15. The van der Waals surface area contributed by atoms with Crippen LogP contribution in [0.25, 0.3) is 0 Å². The normalized spacial score (nSPS) is 22.5. The summed E-state index contributed by atoms with van der Waals surface area (Å²) >= 11 is 0. The van der Waals surface area contributed by atoms with E-state index in [1.165, 1.54) is 0 Å². The lowest BCUT2D eigenvalue weighted by Crippen LogP contribution is -2.44. The van der Waals surface area contributed by atoms with E-state index in [9.17, 15) is 0 Å². The Labute approximate surface area is 92.2 Å². The highest BCUT2D eigenvalue weighted by Crippen LogP contribution is 2.01. The summed E-state index contributed by atoms with van der Waals surface area (Å²) in [6.07, 6.45) is 3.08. The first-order valence-electron chi connectivity index (χ1n) is 5.70. The number of nitriles is 1. The molecule has 0 aliphatic carbocycles. The molecule has 1 N–H and O–H groups in total. The third-order valence-corrected chi connectivity index (χ3v) is 2.61. The molecule has 0 unspecified atom stereocenters. The van der Waals surface area contributed by atoms with Gasteiger partial charge in [0.05, 0.1) is 18.8 Å². The van der Waals surface area contributed by atoms with Crippen LogP contribution < -0.4 is 5.32 Å². The van der Waals surface area contributed by atoms with Gasteiger partial charge in [-0.1, -0.05) is 0 Å². The highest BCUT2D eigenvalue weighted by atomic mass is 16.5. The number of unbranched alkanes of at least 4 members (excludes halogenated alkanes) is 2. The molecule has 0 bridgehead atoms. The van der Waals surface area contributed by atoms with Gasteiger partial charge in [0.15, 0.2) is 0 Å². The van der Waals surface area contributed by atoms with Crippen molar-refractivity contribution in [3.8, 4) is 6.07 Å². The minimum absolute atomic E-state index is 0.333. The molecule has 1 rings (SSSR count). The first kappa shape index (κ1) is 12.4. The van der Waals surface area contributed by atoms with E-state index in [4.69, 9.17) is 10.00 Å². The van der Waals surface area contributed by atoms with Crippen molar-refractivity contribution < 1.29 is 4.74 Å². The number of nitrogens with zero attached hydrogens (tertiary/aromatic N) is 2. The van der Waals surface area contributed by atoms with Crippen LogP contribution in [0.3, 0.4) is 0 Å². The Hall–Kier alpha value is -0.630. The third kappa shape index (κ3) is 5.73. The average Bonchev–Trinajstić information content (AvgIpc) is 2.23. The minimum Gasteiger partial charge on any atom is -0.374 e. The molecule has 1 heterocycles. The maximum atomic E-state index is 8.36. The zero-order valence-corrected chi connectivity index (χ0v) is 9.54. The second kappa shape index (κ2) is 7.63. The number of likely N-dealkylation sites (N-methyl/N-ethyl adjacent to an activating group) is 1. The van der Waals surface area contributed by atoms with Crippen LogP contribution in [0, 0.1) is 11.3 Å². The summed E-state index contributed by atoms with van der Waals surface area (Å²) in [6.45, 7) is 4.82. The number of hydrogen-bond donors (Lipinski definition) is 1. The molecule has 15 heavy (non-hydrogen) atoms.